The number of para-hydroxylation sites is 2. The summed E-state index contributed by atoms with van der Waals surface area (Å²) in [7, 11) is 0. The number of aromatic nitrogens is 4. The van der Waals surface area contributed by atoms with Crippen LogP contribution in [0.5, 0.6) is 0 Å². The van der Waals surface area contributed by atoms with E-state index in [0.717, 1.165) is 49.8 Å². The van der Waals surface area contributed by atoms with Crippen molar-refractivity contribution in [3.63, 3.8) is 0 Å². The molecule has 5 nitrogen and oxygen atoms in total. The van der Waals surface area contributed by atoms with Crippen molar-refractivity contribution in [1.29, 1.82) is 0 Å². The normalized spacial score (nSPS) is 11.7. The van der Waals surface area contributed by atoms with Crippen molar-refractivity contribution in [1.82, 2.24) is 19.5 Å². The standard InChI is InChI=1S/C48H33N5/c1-2-49-31-13-14-33-23-25-35(26-24-33)47-50-46(34-15-5-3-6-16-34)51-48(52-47)42-29-28-38(39-19-9-10-20-40(39)42)36-27-30-45-43(32-36)41-21-11-12-22-44(41)53(45)37-17-7-4-8-18-37/h2-32H,1H2/b14-13+,49-31?. The average Bonchev–Trinajstić information content (AvgIpc) is 3.56. The Hall–Kier alpha value is -7.24. The van der Waals surface area contributed by atoms with Gasteiger partial charge in [-0.3, -0.25) is 4.99 Å². The smallest absolute Gasteiger partial charge is 0.164 e. The van der Waals surface area contributed by atoms with Gasteiger partial charge in [0.2, 0.25) is 0 Å². The maximum absolute atomic E-state index is 5.10. The van der Waals surface area contributed by atoms with Crippen LogP contribution < -0.4 is 0 Å². The molecule has 0 aliphatic heterocycles. The minimum absolute atomic E-state index is 0.617. The van der Waals surface area contributed by atoms with Crippen molar-refractivity contribution in [2.75, 3.05) is 0 Å². The number of hydrogen-bond acceptors (Lipinski definition) is 4. The minimum atomic E-state index is 0.617. The van der Waals surface area contributed by atoms with Gasteiger partial charge in [0.25, 0.3) is 0 Å². The first-order valence-electron chi connectivity index (χ1n) is 17.6. The van der Waals surface area contributed by atoms with Crippen LogP contribution >= 0.6 is 0 Å². The molecule has 0 aliphatic rings. The lowest BCUT2D eigenvalue weighted by atomic mass is 9.94. The number of aliphatic imine (C=N–C) groups is 1. The molecular weight excluding hydrogens is 647 g/mol. The molecule has 0 fully saturated rings. The number of allylic oxidation sites excluding steroid dienone is 1. The van der Waals surface area contributed by atoms with Crippen LogP contribution in [0.2, 0.25) is 0 Å². The fourth-order valence-electron chi connectivity index (χ4n) is 7.09. The number of rotatable bonds is 8. The minimum Gasteiger partial charge on any atom is -0.309 e. The third-order valence-corrected chi connectivity index (χ3v) is 9.57. The predicted octanol–water partition coefficient (Wildman–Crippen LogP) is 12.0. The second kappa shape index (κ2) is 13.8. The van der Waals surface area contributed by atoms with E-state index in [1.807, 2.05) is 54.6 Å². The van der Waals surface area contributed by atoms with Gasteiger partial charge < -0.3 is 4.57 Å². The lowest BCUT2D eigenvalue weighted by Gasteiger charge is -2.13. The van der Waals surface area contributed by atoms with E-state index in [1.54, 1.807) is 6.21 Å². The third kappa shape index (κ3) is 6.00. The molecule has 2 heterocycles. The van der Waals surface area contributed by atoms with Gasteiger partial charge >= 0.3 is 0 Å². The Morgan fingerprint density at radius 3 is 1.77 bits per heavy atom. The van der Waals surface area contributed by atoms with Crippen LogP contribution in [0.4, 0.5) is 0 Å². The van der Waals surface area contributed by atoms with Crippen molar-refractivity contribution in [3.05, 3.63) is 188 Å². The molecule has 0 unspecified atom stereocenters. The topological polar surface area (TPSA) is 56.0 Å². The third-order valence-electron chi connectivity index (χ3n) is 9.57. The molecule has 250 valence electrons. The Bertz CT molecular complexity index is 2830. The quantitative estimate of drug-likeness (QED) is 0.150. The van der Waals surface area contributed by atoms with Crippen LogP contribution in [0.3, 0.4) is 0 Å². The number of hydrogen-bond donors (Lipinski definition) is 0. The van der Waals surface area contributed by atoms with E-state index in [1.165, 1.54) is 28.0 Å². The van der Waals surface area contributed by atoms with Crippen LogP contribution in [0, 0.1) is 0 Å². The van der Waals surface area contributed by atoms with Crippen molar-refractivity contribution in [2.45, 2.75) is 0 Å². The summed E-state index contributed by atoms with van der Waals surface area (Å²) in [6.07, 6.45) is 7.11. The highest BCUT2D eigenvalue weighted by atomic mass is 15.0. The van der Waals surface area contributed by atoms with E-state index in [0.29, 0.717) is 17.5 Å². The zero-order chi connectivity index (χ0) is 35.6. The fraction of sp³-hybridized carbons (Fsp3) is 0. The van der Waals surface area contributed by atoms with Crippen LogP contribution in [-0.2, 0) is 0 Å². The molecule has 0 aliphatic carbocycles. The summed E-state index contributed by atoms with van der Waals surface area (Å²) in [4.78, 5) is 19.2. The van der Waals surface area contributed by atoms with Crippen LogP contribution in [0.25, 0.3) is 89.6 Å². The van der Waals surface area contributed by atoms with Gasteiger partial charge in [0.1, 0.15) is 0 Å². The van der Waals surface area contributed by atoms with Gasteiger partial charge in [0.15, 0.2) is 17.5 Å². The lowest BCUT2D eigenvalue weighted by molar-refractivity contribution is 1.08. The number of nitrogens with zero attached hydrogens (tertiary/aromatic N) is 5. The molecule has 53 heavy (non-hydrogen) atoms. The first-order chi connectivity index (χ1) is 26.2. The molecule has 0 spiro atoms. The Balaban J connectivity index is 1.18. The molecule has 0 saturated carbocycles. The molecule has 2 aromatic heterocycles. The maximum Gasteiger partial charge on any atom is 0.164 e. The Kier molecular flexibility index (Phi) is 8.27. The second-order valence-electron chi connectivity index (χ2n) is 12.8. The van der Waals surface area contributed by atoms with E-state index < -0.39 is 0 Å². The highest BCUT2D eigenvalue weighted by Crippen LogP contribution is 2.39. The predicted molar refractivity (Wildman–Crippen MR) is 221 cm³/mol. The van der Waals surface area contributed by atoms with Gasteiger partial charge in [-0.05, 0) is 69.9 Å². The highest BCUT2D eigenvalue weighted by Gasteiger charge is 2.18. The summed E-state index contributed by atoms with van der Waals surface area (Å²) in [5.74, 6) is 1.87. The number of benzene rings is 7. The lowest BCUT2D eigenvalue weighted by Crippen LogP contribution is -2.00. The van der Waals surface area contributed by atoms with Crippen molar-refractivity contribution >= 4 is 44.9 Å². The Morgan fingerprint density at radius 1 is 0.472 bits per heavy atom. The average molecular weight is 680 g/mol. The van der Waals surface area contributed by atoms with Crippen LogP contribution in [0.15, 0.2) is 188 Å². The van der Waals surface area contributed by atoms with Gasteiger partial charge in [0, 0.05) is 45.6 Å². The van der Waals surface area contributed by atoms with E-state index >= 15 is 0 Å². The summed E-state index contributed by atoms with van der Waals surface area (Å²) >= 11 is 0. The van der Waals surface area contributed by atoms with Gasteiger partial charge in [-0.25, -0.2) is 15.0 Å². The van der Waals surface area contributed by atoms with E-state index in [4.69, 9.17) is 15.0 Å². The maximum atomic E-state index is 5.10. The summed E-state index contributed by atoms with van der Waals surface area (Å²) in [5, 5.41) is 4.66. The number of fused-ring (bicyclic) bond motifs is 4. The SMILES string of the molecule is C=CN=C/C=C/c1ccc(-c2nc(-c3ccccc3)nc(-c3ccc(-c4ccc5c(c4)c4ccccc4n5-c4ccccc4)c4ccccc34)n2)cc1. The summed E-state index contributed by atoms with van der Waals surface area (Å²) in [6.45, 7) is 3.62. The molecule has 7 aromatic carbocycles. The first-order valence-corrected chi connectivity index (χ1v) is 17.6. The van der Waals surface area contributed by atoms with Crippen molar-refractivity contribution < 1.29 is 0 Å². The van der Waals surface area contributed by atoms with Crippen LogP contribution in [0.1, 0.15) is 5.56 Å². The molecule has 9 rings (SSSR count). The molecule has 5 heteroatoms. The molecule has 0 amide bonds. The zero-order valence-corrected chi connectivity index (χ0v) is 28.8. The van der Waals surface area contributed by atoms with Gasteiger partial charge in [-0.2, -0.15) is 0 Å². The van der Waals surface area contributed by atoms with Gasteiger partial charge in [0.05, 0.1) is 11.0 Å². The van der Waals surface area contributed by atoms with Crippen molar-refractivity contribution in [3.8, 4) is 51.0 Å². The summed E-state index contributed by atoms with van der Waals surface area (Å²) < 4.78 is 2.35. The monoisotopic (exact) mass is 679 g/mol. The molecule has 0 radical (unpaired) electrons. The fourth-order valence-corrected chi connectivity index (χ4v) is 7.09. The highest BCUT2D eigenvalue weighted by molar-refractivity contribution is 6.12. The van der Waals surface area contributed by atoms with E-state index in [9.17, 15) is 0 Å². The van der Waals surface area contributed by atoms with Gasteiger partial charge in [-0.15, -0.1) is 0 Å². The summed E-state index contributed by atoms with van der Waals surface area (Å²) in [5.41, 5.74) is 9.67. The summed E-state index contributed by atoms with van der Waals surface area (Å²) in [6, 6.07) is 57.2. The van der Waals surface area contributed by atoms with Gasteiger partial charge in [-0.1, -0.05) is 140 Å². The van der Waals surface area contributed by atoms with E-state index in [-0.39, 0.29) is 0 Å². The first kappa shape index (κ1) is 31.7. The van der Waals surface area contributed by atoms with Crippen molar-refractivity contribution in [2.24, 2.45) is 4.99 Å². The molecule has 0 N–H and O–H groups in total. The Morgan fingerprint density at radius 2 is 1.04 bits per heavy atom. The molecule has 0 atom stereocenters. The molecule has 0 saturated heterocycles. The molecule has 9 aromatic rings. The zero-order valence-electron chi connectivity index (χ0n) is 28.8. The second-order valence-corrected chi connectivity index (χ2v) is 12.8. The Labute approximate surface area is 307 Å². The largest absolute Gasteiger partial charge is 0.309 e. The molecule has 0 bridgehead atoms. The van der Waals surface area contributed by atoms with Crippen LogP contribution in [-0.4, -0.2) is 25.7 Å². The van der Waals surface area contributed by atoms with E-state index in [2.05, 4.69) is 137 Å². The molecular formula is C48H33N5.